The summed E-state index contributed by atoms with van der Waals surface area (Å²) >= 11 is 1.49. The van der Waals surface area contributed by atoms with Gasteiger partial charge in [0.05, 0.1) is 16.8 Å². The Hall–Kier alpha value is -2.34. The van der Waals surface area contributed by atoms with Crippen LogP contribution in [0.5, 0.6) is 0 Å². The molecule has 0 aliphatic carbocycles. The standard InChI is InChI=1S/C16H19N5O4S2/c1-19-6-8-20(9-7-19)27(24,25)16-11-13(21(22)23)4-5-15(16)18-17-12-14-3-2-10-26-14/h2-5,10-12,18H,6-9H2,1H3/b17-12+. The number of hydrazone groups is 1. The Labute approximate surface area is 161 Å². The molecule has 1 aliphatic heterocycles. The first-order chi connectivity index (χ1) is 12.9. The summed E-state index contributed by atoms with van der Waals surface area (Å²) in [5, 5.41) is 17.1. The number of benzene rings is 1. The van der Waals surface area contributed by atoms with Gasteiger partial charge in [-0.05, 0) is 24.6 Å². The van der Waals surface area contributed by atoms with Gasteiger partial charge in [-0.3, -0.25) is 15.5 Å². The summed E-state index contributed by atoms with van der Waals surface area (Å²) in [4.78, 5) is 13.3. The second kappa shape index (κ2) is 8.13. The average Bonchev–Trinajstić information content (AvgIpc) is 3.15. The van der Waals surface area contributed by atoms with E-state index in [4.69, 9.17) is 0 Å². The fourth-order valence-corrected chi connectivity index (χ4v) is 4.80. The van der Waals surface area contributed by atoms with Crippen LogP contribution >= 0.6 is 11.3 Å². The number of nitro groups is 1. The maximum atomic E-state index is 13.1. The molecule has 3 rings (SSSR count). The SMILES string of the molecule is CN1CCN(S(=O)(=O)c2cc([N+](=O)[O-])ccc2N/N=C/c2cccs2)CC1. The second-order valence-electron chi connectivity index (χ2n) is 6.03. The Kier molecular flexibility index (Phi) is 5.85. The lowest BCUT2D eigenvalue weighted by atomic mass is 10.3. The zero-order valence-electron chi connectivity index (χ0n) is 14.6. The highest BCUT2D eigenvalue weighted by Gasteiger charge is 2.31. The van der Waals surface area contributed by atoms with Crippen molar-refractivity contribution in [2.24, 2.45) is 5.10 Å². The van der Waals surface area contributed by atoms with Gasteiger partial charge in [0.2, 0.25) is 10.0 Å². The number of rotatable bonds is 6. The van der Waals surface area contributed by atoms with E-state index in [1.165, 1.54) is 27.8 Å². The summed E-state index contributed by atoms with van der Waals surface area (Å²) in [5.74, 6) is 0. The highest BCUT2D eigenvalue weighted by atomic mass is 32.2. The summed E-state index contributed by atoms with van der Waals surface area (Å²) in [6.07, 6.45) is 1.57. The van der Waals surface area contributed by atoms with Crippen LogP contribution < -0.4 is 5.43 Å². The smallest absolute Gasteiger partial charge is 0.270 e. The molecule has 1 fully saturated rings. The molecule has 0 spiro atoms. The van der Waals surface area contributed by atoms with Crippen LogP contribution in [0.25, 0.3) is 0 Å². The molecule has 1 aliphatic rings. The average molecular weight is 409 g/mol. The number of anilines is 1. The molecule has 1 aromatic carbocycles. The number of nitro benzene ring substituents is 1. The predicted molar refractivity (Wildman–Crippen MR) is 105 cm³/mol. The summed E-state index contributed by atoms with van der Waals surface area (Å²) in [6, 6.07) is 7.45. The van der Waals surface area contributed by atoms with Gasteiger partial charge in [0.15, 0.2) is 0 Å². The molecule has 9 nitrogen and oxygen atoms in total. The van der Waals surface area contributed by atoms with Crippen molar-refractivity contribution in [2.75, 3.05) is 38.7 Å². The van der Waals surface area contributed by atoms with Gasteiger partial charge >= 0.3 is 0 Å². The van der Waals surface area contributed by atoms with Crippen LogP contribution in [-0.4, -0.2) is 62.0 Å². The van der Waals surface area contributed by atoms with E-state index in [-0.39, 0.29) is 16.3 Å². The molecule has 0 radical (unpaired) electrons. The van der Waals surface area contributed by atoms with Crippen molar-refractivity contribution in [2.45, 2.75) is 4.90 Å². The first kappa shape index (κ1) is 19.4. The van der Waals surface area contributed by atoms with Crippen molar-refractivity contribution >= 4 is 38.9 Å². The van der Waals surface area contributed by atoms with Crippen molar-refractivity contribution in [3.63, 3.8) is 0 Å². The lowest BCUT2D eigenvalue weighted by Gasteiger charge is -2.31. The number of nitrogens with zero attached hydrogens (tertiary/aromatic N) is 4. The second-order valence-corrected chi connectivity index (χ2v) is 8.92. The van der Waals surface area contributed by atoms with Gasteiger partial charge < -0.3 is 4.90 Å². The molecule has 0 saturated carbocycles. The predicted octanol–water partition coefficient (Wildman–Crippen LogP) is 2.04. The number of thiophene rings is 1. The van der Waals surface area contributed by atoms with Crippen LogP contribution in [0.3, 0.4) is 0 Å². The summed E-state index contributed by atoms with van der Waals surface area (Å²) in [5.41, 5.74) is 2.63. The normalized spacial score (nSPS) is 16.6. The van der Waals surface area contributed by atoms with Crippen LogP contribution in [0.4, 0.5) is 11.4 Å². The minimum Gasteiger partial charge on any atom is -0.304 e. The molecule has 0 unspecified atom stereocenters. The Morgan fingerprint density at radius 3 is 2.63 bits per heavy atom. The summed E-state index contributed by atoms with van der Waals surface area (Å²) < 4.78 is 27.5. The molecule has 1 saturated heterocycles. The van der Waals surface area contributed by atoms with E-state index in [1.807, 2.05) is 29.5 Å². The molecule has 1 aromatic heterocycles. The monoisotopic (exact) mass is 409 g/mol. The minimum absolute atomic E-state index is 0.149. The van der Waals surface area contributed by atoms with Gasteiger partial charge in [-0.15, -0.1) is 11.3 Å². The number of likely N-dealkylation sites (N-methyl/N-ethyl adjacent to an activating group) is 1. The van der Waals surface area contributed by atoms with Gasteiger partial charge in [-0.2, -0.15) is 9.41 Å². The quantitative estimate of drug-likeness (QED) is 0.444. The fraction of sp³-hybridized carbons (Fsp3) is 0.312. The molecule has 27 heavy (non-hydrogen) atoms. The van der Waals surface area contributed by atoms with E-state index in [2.05, 4.69) is 10.5 Å². The highest BCUT2D eigenvalue weighted by Crippen LogP contribution is 2.29. The summed E-state index contributed by atoms with van der Waals surface area (Å²) in [6.45, 7) is 1.87. The number of nitrogens with one attached hydrogen (secondary N) is 1. The zero-order valence-corrected chi connectivity index (χ0v) is 16.2. The van der Waals surface area contributed by atoms with Crippen LogP contribution in [0.2, 0.25) is 0 Å². The third-order valence-corrected chi connectivity index (χ3v) is 6.92. The zero-order chi connectivity index (χ0) is 19.4. The van der Waals surface area contributed by atoms with Crippen LogP contribution in [0.15, 0.2) is 45.7 Å². The van der Waals surface area contributed by atoms with E-state index >= 15 is 0 Å². The first-order valence-electron chi connectivity index (χ1n) is 8.17. The molecule has 1 N–H and O–H groups in total. The van der Waals surface area contributed by atoms with E-state index in [0.29, 0.717) is 26.2 Å². The number of non-ortho nitro benzene ring substituents is 1. The Bertz CT molecular complexity index is 936. The Morgan fingerprint density at radius 1 is 1.26 bits per heavy atom. The Morgan fingerprint density at radius 2 is 2.00 bits per heavy atom. The van der Waals surface area contributed by atoms with E-state index in [9.17, 15) is 18.5 Å². The number of hydrogen-bond acceptors (Lipinski definition) is 8. The van der Waals surface area contributed by atoms with Crippen LogP contribution in [0.1, 0.15) is 4.88 Å². The minimum atomic E-state index is -3.89. The molecular weight excluding hydrogens is 390 g/mol. The van der Waals surface area contributed by atoms with Gasteiger partial charge in [0.1, 0.15) is 4.90 Å². The largest absolute Gasteiger partial charge is 0.304 e. The van der Waals surface area contributed by atoms with Crippen molar-refractivity contribution in [1.82, 2.24) is 9.21 Å². The van der Waals surface area contributed by atoms with E-state index in [1.54, 1.807) is 6.21 Å². The van der Waals surface area contributed by atoms with Gasteiger partial charge in [-0.1, -0.05) is 6.07 Å². The van der Waals surface area contributed by atoms with Gasteiger partial charge in [0.25, 0.3) is 5.69 Å². The van der Waals surface area contributed by atoms with Crippen molar-refractivity contribution in [3.05, 3.63) is 50.7 Å². The molecule has 0 bridgehead atoms. The maximum Gasteiger partial charge on any atom is 0.270 e. The molecule has 0 atom stereocenters. The number of hydrogen-bond donors (Lipinski definition) is 1. The van der Waals surface area contributed by atoms with Crippen molar-refractivity contribution in [3.8, 4) is 0 Å². The molecule has 2 aromatic rings. The lowest BCUT2D eigenvalue weighted by Crippen LogP contribution is -2.47. The van der Waals surface area contributed by atoms with Crippen LogP contribution in [-0.2, 0) is 10.0 Å². The van der Waals surface area contributed by atoms with Gasteiger partial charge in [0, 0.05) is 43.2 Å². The van der Waals surface area contributed by atoms with E-state index in [0.717, 1.165) is 10.9 Å². The molecule has 144 valence electrons. The maximum absolute atomic E-state index is 13.1. The highest BCUT2D eigenvalue weighted by molar-refractivity contribution is 7.89. The van der Waals surface area contributed by atoms with Gasteiger partial charge in [-0.25, -0.2) is 8.42 Å². The Balaban J connectivity index is 1.92. The van der Waals surface area contributed by atoms with E-state index < -0.39 is 14.9 Å². The molecule has 2 heterocycles. The third kappa shape index (κ3) is 4.50. The number of sulfonamides is 1. The summed E-state index contributed by atoms with van der Waals surface area (Å²) in [7, 11) is -1.97. The molecule has 11 heteroatoms. The fourth-order valence-electron chi connectivity index (χ4n) is 2.63. The van der Waals surface area contributed by atoms with Crippen molar-refractivity contribution < 1.29 is 13.3 Å². The lowest BCUT2D eigenvalue weighted by molar-refractivity contribution is -0.385. The van der Waals surface area contributed by atoms with Crippen molar-refractivity contribution in [1.29, 1.82) is 0 Å². The molecule has 0 amide bonds. The first-order valence-corrected chi connectivity index (χ1v) is 10.5. The topological polar surface area (TPSA) is 108 Å². The number of piperazine rings is 1. The third-order valence-electron chi connectivity index (χ3n) is 4.18. The van der Waals surface area contributed by atoms with Crippen LogP contribution in [0, 0.1) is 10.1 Å². The molecular formula is C16H19N5O4S2.